The van der Waals surface area contributed by atoms with E-state index in [0.717, 1.165) is 16.9 Å². The van der Waals surface area contributed by atoms with Crippen molar-refractivity contribution in [2.45, 2.75) is 39.2 Å². The highest BCUT2D eigenvalue weighted by atomic mass is 15.0. The first kappa shape index (κ1) is 11.8. The second-order valence-corrected chi connectivity index (χ2v) is 4.43. The van der Waals surface area contributed by atoms with Crippen LogP contribution in [-0.4, -0.2) is 16.0 Å². The zero-order valence-electron chi connectivity index (χ0n) is 10.5. The number of unbranched alkanes of at least 4 members (excludes halogenated alkanes) is 1. The summed E-state index contributed by atoms with van der Waals surface area (Å²) in [6.07, 6.45) is 5.46. The molecule has 0 saturated heterocycles. The Morgan fingerprint density at radius 2 is 2.00 bits per heavy atom. The van der Waals surface area contributed by atoms with E-state index >= 15 is 0 Å². The normalized spacial score (nSPS) is 12.6. The molecule has 17 heavy (non-hydrogen) atoms. The summed E-state index contributed by atoms with van der Waals surface area (Å²) in [6.45, 7) is 4.40. The van der Waals surface area contributed by atoms with E-state index in [1.54, 1.807) is 0 Å². The first-order valence-corrected chi connectivity index (χ1v) is 6.28. The maximum Gasteiger partial charge on any atom is 0.145 e. The van der Waals surface area contributed by atoms with Crippen molar-refractivity contribution in [3.63, 3.8) is 0 Å². The second-order valence-electron chi connectivity index (χ2n) is 4.43. The van der Waals surface area contributed by atoms with Crippen LogP contribution < -0.4 is 5.32 Å². The molecule has 1 aromatic heterocycles. The van der Waals surface area contributed by atoms with Crippen LogP contribution in [0, 0.1) is 0 Å². The molecule has 1 heterocycles. The minimum absolute atomic E-state index is 0.449. The third kappa shape index (κ3) is 3.16. The summed E-state index contributed by atoms with van der Waals surface area (Å²) in [6, 6.07) is 8.39. The third-order valence-corrected chi connectivity index (χ3v) is 2.83. The number of rotatable bonds is 5. The van der Waals surface area contributed by atoms with Gasteiger partial charge in [-0.3, -0.25) is 4.98 Å². The van der Waals surface area contributed by atoms with Crippen molar-refractivity contribution in [1.29, 1.82) is 0 Å². The highest BCUT2D eigenvalue weighted by Crippen LogP contribution is 2.13. The highest BCUT2D eigenvalue weighted by molar-refractivity contribution is 5.75. The zero-order valence-corrected chi connectivity index (χ0v) is 10.5. The lowest BCUT2D eigenvalue weighted by Gasteiger charge is -2.13. The Bertz CT molecular complexity index is 482. The van der Waals surface area contributed by atoms with E-state index in [1.165, 1.54) is 19.3 Å². The van der Waals surface area contributed by atoms with Gasteiger partial charge in [0, 0.05) is 6.04 Å². The van der Waals surface area contributed by atoms with E-state index in [2.05, 4.69) is 29.1 Å². The van der Waals surface area contributed by atoms with Crippen LogP contribution in [0.1, 0.15) is 33.1 Å². The van der Waals surface area contributed by atoms with E-state index < -0.39 is 0 Å². The molecule has 0 aliphatic carbocycles. The average Bonchev–Trinajstić information content (AvgIpc) is 2.36. The first-order chi connectivity index (χ1) is 8.29. The third-order valence-electron chi connectivity index (χ3n) is 2.83. The monoisotopic (exact) mass is 229 g/mol. The highest BCUT2D eigenvalue weighted by Gasteiger charge is 2.03. The summed E-state index contributed by atoms with van der Waals surface area (Å²) in [7, 11) is 0. The molecule has 3 nitrogen and oxygen atoms in total. The minimum atomic E-state index is 0.449. The van der Waals surface area contributed by atoms with Crippen LogP contribution in [0.25, 0.3) is 11.0 Å². The van der Waals surface area contributed by atoms with Crippen molar-refractivity contribution in [3.8, 4) is 0 Å². The Kier molecular flexibility index (Phi) is 3.91. The van der Waals surface area contributed by atoms with Gasteiger partial charge in [0.05, 0.1) is 17.2 Å². The Hall–Kier alpha value is -1.64. The van der Waals surface area contributed by atoms with Crippen LogP contribution in [0.3, 0.4) is 0 Å². The smallest absolute Gasteiger partial charge is 0.145 e. The number of anilines is 1. The van der Waals surface area contributed by atoms with Gasteiger partial charge in [0.15, 0.2) is 0 Å². The van der Waals surface area contributed by atoms with Crippen molar-refractivity contribution in [3.05, 3.63) is 30.5 Å². The second kappa shape index (κ2) is 5.62. The molecule has 2 aromatic rings. The van der Waals surface area contributed by atoms with Crippen LogP contribution >= 0.6 is 0 Å². The van der Waals surface area contributed by atoms with E-state index in [0.29, 0.717) is 6.04 Å². The fraction of sp³-hybridized carbons (Fsp3) is 0.429. The van der Waals surface area contributed by atoms with Gasteiger partial charge in [-0.1, -0.05) is 31.9 Å². The largest absolute Gasteiger partial charge is 0.366 e. The van der Waals surface area contributed by atoms with Crippen LogP contribution in [0.15, 0.2) is 30.5 Å². The van der Waals surface area contributed by atoms with Crippen molar-refractivity contribution in [2.24, 2.45) is 0 Å². The Balaban J connectivity index is 2.08. The number of para-hydroxylation sites is 2. The average molecular weight is 229 g/mol. The maximum absolute atomic E-state index is 4.55. The summed E-state index contributed by atoms with van der Waals surface area (Å²) >= 11 is 0. The Labute approximate surface area is 102 Å². The standard InChI is InChI=1S/C14H19N3/c1-3-4-7-11(2)16-14-10-15-12-8-5-6-9-13(12)17-14/h5-6,8-11H,3-4,7H2,1-2H3,(H,16,17). The lowest BCUT2D eigenvalue weighted by molar-refractivity contribution is 0.643. The number of hydrogen-bond acceptors (Lipinski definition) is 3. The topological polar surface area (TPSA) is 37.8 Å². The molecule has 0 aliphatic heterocycles. The maximum atomic E-state index is 4.55. The molecule has 0 aliphatic rings. The molecule has 1 atom stereocenters. The molecule has 1 aromatic carbocycles. The minimum Gasteiger partial charge on any atom is -0.366 e. The lowest BCUT2D eigenvalue weighted by atomic mass is 10.1. The predicted molar refractivity (Wildman–Crippen MR) is 72.1 cm³/mol. The number of benzene rings is 1. The van der Waals surface area contributed by atoms with Gasteiger partial charge >= 0.3 is 0 Å². The summed E-state index contributed by atoms with van der Waals surface area (Å²) in [5.41, 5.74) is 1.89. The van der Waals surface area contributed by atoms with Gasteiger partial charge in [0.25, 0.3) is 0 Å². The van der Waals surface area contributed by atoms with Gasteiger partial charge in [-0.15, -0.1) is 0 Å². The number of nitrogens with one attached hydrogen (secondary N) is 1. The lowest BCUT2D eigenvalue weighted by Crippen LogP contribution is -2.15. The van der Waals surface area contributed by atoms with E-state index in [1.807, 2.05) is 30.5 Å². The molecule has 1 N–H and O–H groups in total. The van der Waals surface area contributed by atoms with Crippen molar-refractivity contribution in [1.82, 2.24) is 9.97 Å². The van der Waals surface area contributed by atoms with Crippen LogP contribution in [-0.2, 0) is 0 Å². The molecule has 3 heteroatoms. The summed E-state index contributed by atoms with van der Waals surface area (Å²) in [5, 5.41) is 3.40. The first-order valence-electron chi connectivity index (χ1n) is 6.28. The van der Waals surface area contributed by atoms with E-state index in [9.17, 15) is 0 Å². The molecule has 0 saturated carbocycles. The van der Waals surface area contributed by atoms with Crippen molar-refractivity contribution >= 4 is 16.9 Å². The number of fused-ring (bicyclic) bond motifs is 1. The van der Waals surface area contributed by atoms with Crippen LogP contribution in [0.5, 0.6) is 0 Å². The SMILES string of the molecule is CCCCC(C)Nc1cnc2ccccc2n1. The molecule has 90 valence electrons. The van der Waals surface area contributed by atoms with Gasteiger partial charge in [-0.05, 0) is 25.5 Å². The zero-order chi connectivity index (χ0) is 12.1. The number of nitrogens with zero attached hydrogens (tertiary/aromatic N) is 2. The fourth-order valence-corrected chi connectivity index (χ4v) is 1.86. The Morgan fingerprint density at radius 1 is 1.24 bits per heavy atom. The van der Waals surface area contributed by atoms with E-state index in [4.69, 9.17) is 0 Å². The molecule has 0 bridgehead atoms. The molecule has 0 spiro atoms. The molecule has 0 radical (unpaired) electrons. The molecule has 1 unspecified atom stereocenters. The fourth-order valence-electron chi connectivity index (χ4n) is 1.86. The van der Waals surface area contributed by atoms with Gasteiger partial charge in [0.1, 0.15) is 5.82 Å². The van der Waals surface area contributed by atoms with E-state index in [-0.39, 0.29) is 0 Å². The van der Waals surface area contributed by atoms with Gasteiger partial charge in [0.2, 0.25) is 0 Å². The summed E-state index contributed by atoms with van der Waals surface area (Å²) in [4.78, 5) is 8.94. The van der Waals surface area contributed by atoms with Crippen LogP contribution in [0.2, 0.25) is 0 Å². The van der Waals surface area contributed by atoms with Gasteiger partial charge in [-0.25, -0.2) is 4.98 Å². The molecular weight excluding hydrogens is 210 g/mol. The number of aromatic nitrogens is 2. The Morgan fingerprint density at radius 3 is 2.76 bits per heavy atom. The summed E-state index contributed by atoms with van der Waals surface area (Å²) in [5.74, 6) is 0.868. The van der Waals surface area contributed by atoms with Crippen LogP contribution in [0.4, 0.5) is 5.82 Å². The number of hydrogen-bond donors (Lipinski definition) is 1. The van der Waals surface area contributed by atoms with Crippen molar-refractivity contribution < 1.29 is 0 Å². The van der Waals surface area contributed by atoms with Gasteiger partial charge in [-0.2, -0.15) is 0 Å². The molecular formula is C14H19N3. The molecule has 0 amide bonds. The summed E-state index contributed by atoms with van der Waals surface area (Å²) < 4.78 is 0. The van der Waals surface area contributed by atoms with Crippen molar-refractivity contribution in [2.75, 3.05) is 5.32 Å². The molecule has 2 rings (SSSR count). The predicted octanol–water partition coefficient (Wildman–Crippen LogP) is 3.62. The van der Waals surface area contributed by atoms with Gasteiger partial charge < -0.3 is 5.32 Å². The quantitative estimate of drug-likeness (QED) is 0.851. The molecule has 0 fully saturated rings.